The molecule has 0 atom stereocenters. The van der Waals surface area contributed by atoms with Crippen molar-refractivity contribution >= 4 is 17.1 Å². The van der Waals surface area contributed by atoms with Gasteiger partial charge in [0.2, 0.25) is 0 Å². The van der Waals surface area contributed by atoms with Crippen LogP contribution in [0.4, 0.5) is 17.1 Å². The summed E-state index contributed by atoms with van der Waals surface area (Å²) < 4.78 is 16.2. The van der Waals surface area contributed by atoms with E-state index in [4.69, 9.17) is 19.9 Å². The molecule has 5 nitrogen and oxygen atoms in total. The van der Waals surface area contributed by atoms with Crippen LogP contribution < -0.4 is 25.3 Å². The van der Waals surface area contributed by atoms with E-state index < -0.39 is 0 Å². The number of anilines is 3. The summed E-state index contributed by atoms with van der Waals surface area (Å²) in [5.74, 6) is 2.25. The molecule has 1 aliphatic rings. The fourth-order valence-electron chi connectivity index (χ4n) is 2.05. The van der Waals surface area contributed by atoms with Gasteiger partial charge < -0.3 is 25.3 Å². The number of methoxy groups -OCH3 is 1. The fraction of sp³-hybridized carbons (Fsp3) is 0.200. The average Bonchev–Trinajstić information content (AvgIpc) is 2.49. The molecule has 0 aliphatic carbocycles. The van der Waals surface area contributed by atoms with Gasteiger partial charge in [0.15, 0.2) is 11.5 Å². The molecule has 0 unspecified atom stereocenters. The third-order valence-corrected chi connectivity index (χ3v) is 3.08. The molecular weight excluding hydrogens is 256 g/mol. The van der Waals surface area contributed by atoms with Crippen molar-refractivity contribution in [2.24, 2.45) is 0 Å². The van der Waals surface area contributed by atoms with Crippen molar-refractivity contribution in [1.82, 2.24) is 0 Å². The molecule has 1 aliphatic heterocycles. The number of nitrogen functional groups attached to an aromatic ring is 1. The third kappa shape index (κ3) is 2.42. The summed E-state index contributed by atoms with van der Waals surface area (Å²) in [6, 6.07) is 11.2. The largest absolute Gasteiger partial charge is 0.497 e. The van der Waals surface area contributed by atoms with Crippen LogP contribution in [0.3, 0.4) is 0 Å². The molecule has 20 heavy (non-hydrogen) atoms. The number of hydrogen-bond donors (Lipinski definition) is 2. The van der Waals surface area contributed by atoms with E-state index in [0.29, 0.717) is 18.9 Å². The molecule has 0 aromatic heterocycles. The lowest BCUT2D eigenvalue weighted by Gasteiger charge is -2.19. The molecule has 3 N–H and O–H groups in total. The van der Waals surface area contributed by atoms with Crippen LogP contribution >= 0.6 is 0 Å². The van der Waals surface area contributed by atoms with Gasteiger partial charge in [0.25, 0.3) is 0 Å². The maximum Gasteiger partial charge on any atom is 0.163 e. The van der Waals surface area contributed by atoms with Crippen LogP contribution in [0.5, 0.6) is 17.2 Å². The van der Waals surface area contributed by atoms with Gasteiger partial charge in [-0.1, -0.05) is 0 Å². The lowest BCUT2D eigenvalue weighted by molar-refractivity contribution is 0.171. The minimum atomic E-state index is 0.567. The molecule has 5 heteroatoms. The van der Waals surface area contributed by atoms with Gasteiger partial charge in [0.1, 0.15) is 19.0 Å². The van der Waals surface area contributed by atoms with Crippen molar-refractivity contribution in [3.05, 3.63) is 36.4 Å². The maximum absolute atomic E-state index is 5.96. The molecule has 0 fully saturated rings. The summed E-state index contributed by atoms with van der Waals surface area (Å²) in [7, 11) is 1.62. The molecule has 2 aromatic rings. The lowest BCUT2D eigenvalue weighted by Crippen LogP contribution is -2.15. The van der Waals surface area contributed by atoms with E-state index in [1.165, 1.54) is 0 Å². The van der Waals surface area contributed by atoms with E-state index in [2.05, 4.69) is 5.32 Å². The molecule has 0 amide bonds. The Morgan fingerprint density at radius 1 is 1.05 bits per heavy atom. The summed E-state index contributed by atoms with van der Waals surface area (Å²) in [6.07, 6.45) is 0. The van der Waals surface area contributed by atoms with Crippen LogP contribution in [-0.4, -0.2) is 20.3 Å². The van der Waals surface area contributed by atoms with E-state index in [-0.39, 0.29) is 0 Å². The Kier molecular flexibility index (Phi) is 3.25. The van der Waals surface area contributed by atoms with Gasteiger partial charge in [-0.15, -0.1) is 0 Å². The molecule has 3 rings (SSSR count). The molecule has 2 aromatic carbocycles. The second-order valence-electron chi connectivity index (χ2n) is 4.44. The van der Waals surface area contributed by atoms with Gasteiger partial charge in [-0.2, -0.15) is 0 Å². The molecule has 104 valence electrons. The topological polar surface area (TPSA) is 65.7 Å². The first-order valence-corrected chi connectivity index (χ1v) is 6.36. The summed E-state index contributed by atoms with van der Waals surface area (Å²) in [5.41, 5.74) is 8.29. The molecule has 1 heterocycles. The van der Waals surface area contributed by atoms with Crippen molar-refractivity contribution in [2.75, 3.05) is 31.4 Å². The third-order valence-electron chi connectivity index (χ3n) is 3.08. The Hall–Kier alpha value is -2.56. The van der Waals surface area contributed by atoms with Crippen LogP contribution in [0.2, 0.25) is 0 Å². The minimum absolute atomic E-state index is 0.567. The highest BCUT2D eigenvalue weighted by atomic mass is 16.6. The normalized spacial score (nSPS) is 12.8. The zero-order chi connectivity index (χ0) is 13.9. The van der Waals surface area contributed by atoms with E-state index in [1.807, 2.05) is 30.3 Å². The van der Waals surface area contributed by atoms with Gasteiger partial charge in [0, 0.05) is 17.8 Å². The SMILES string of the molecule is COc1ccc(N)c(Nc2ccc3c(c2)OCCO3)c1. The van der Waals surface area contributed by atoms with Crippen LogP contribution in [0.1, 0.15) is 0 Å². The average molecular weight is 272 g/mol. The Balaban J connectivity index is 1.87. The van der Waals surface area contributed by atoms with Crippen molar-refractivity contribution in [1.29, 1.82) is 0 Å². The smallest absolute Gasteiger partial charge is 0.163 e. The Bertz CT molecular complexity index is 629. The summed E-state index contributed by atoms with van der Waals surface area (Å²) in [6.45, 7) is 1.15. The van der Waals surface area contributed by atoms with E-state index in [9.17, 15) is 0 Å². The Morgan fingerprint density at radius 2 is 1.85 bits per heavy atom. The van der Waals surface area contributed by atoms with Crippen LogP contribution in [0.25, 0.3) is 0 Å². The van der Waals surface area contributed by atoms with Crippen LogP contribution in [-0.2, 0) is 0 Å². The number of ether oxygens (including phenoxy) is 3. The van der Waals surface area contributed by atoms with Crippen molar-refractivity contribution < 1.29 is 14.2 Å². The summed E-state index contributed by atoms with van der Waals surface area (Å²) in [5, 5.41) is 3.26. The van der Waals surface area contributed by atoms with E-state index in [0.717, 1.165) is 28.6 Å². The minimum Gasteiger partial charge on any atom is -0.497 e. The summed E-state index contributed by atoms with van der Waals surface area (Å²) in [4.78, 5) is 0. The molecule has 0 saturated carbocycles. The van der Waals surface area contributed by atoms with Gasteiger partial charge >= 0.3 is 0 Å². The number of rotatable bonds is 3. The highest BCUT2D eigenvalue weighted by Gasteiger charge is 2.12. The first-order chi connectivity index (χ1) is 9.76. The van der Waals surface area contributed by atoms with Gasteiger partial charge in [0.05, 0.1) is 18.5 Å². The number of nitrogens with one attached hydrogen (secondary N) is 1. The second kappa shape index (κ2) is 5.21. The zero-order valence-electron chi connectivity index (χ0n) is 11.2. The highest BCUT2D eigenvalue weighted by Crippen LogP contribution is 2.35. The first-order valence-electron chi connectivity index (χ1n) is 6.36. The number of hydrogen-bond acceptors (Lipinski definition) is 5. The molecule has 0 radical (unpaired) electrons. The standard InChI is InChI=1S/C15H16N2O3/c1-18-11-3-4-12(16)13(9-11)17-10-2-5-14-15(8-10)20-7-6-19-14/h2-5,8-9,17H,6-7,16H2,1H3. The van der Waals surface area contributed by atoms with Gasteiger partial charge in [-0.3, -0.25) is 0 Å². The fourth-order valence-corrected chi connectivity index (χ4v) is 2.05. The predicted molar refractivity (Wildman–Crippen MR) is 78.1 cm³/mol. The number of fused-ring (bicyclic) bond motifs is 1. The van der Waals surface area contributed by atoms with Crippen molar-refractivity contribution in [3.63, 3.8) is 0 Å². The molecule has 0 saturated heterocycles. The molecule has 0 spiro atoms. The van der Waals surface area contributed by atoms with Crippen molar-refractivity contribution in [2.45, 2.75) is 0 Å². The summed E-state index contributed by atoms with van der Waals surface area (Å²) >= 11 is 0. The Morgan fingerprint density at radius 3 is 2.65 bits per heavy atom. The van der Waals surface area contributed by atoms with Crippen LogP contribution in [0.15, 0.2) is 36.4 Å². The van der Waals surface area contributed by atoms with Gasteiger partial charge in [-0.05, 0) is 24.3 Å². The monoisotopic (exact) mass is 272 g/mol. The number of nitrogens with two attached hydrogens (primary N) is 1. The van der Waals surface area contributed by atoms with Crippen LogP contribution in [0, 0.1) is 0 Å². The zero-order valence-corrected chi connectivity index (χ0v) is 11.2. The number of benzene rings is 2. The predicted octanol–water partition coefficient (Wildman–Crippen LogP) is 2.79. The lowest BCUT2D eigenvalue weighted by atomic mass is 10.2. The van der Waals surface area contributed by atoms with Gasteiger partial charge in [-0.25, -0.2) is 0 Å². The molecular formula is C15H16N2O3. The maximum atomic E-state index is 5.96. The second-order valence-corrected chi connectivity index (χ2v) is 4.44. The quantitative estimate of drug-likeness (QED) is 0.841. The Labute approximate surface area is 117 Å². The van der Waals surface area contributed by atoms with Crippen molar-refractivity contribution in [3.8, 4) is 17.2 Å². The van der Waals surface area contributed by atoms with E-state index in [1.54, 1.807) is 13.2 Å². The highest BCUT2D eigenvalue weighted by molar-refractivity contribution is 5.75. The first kappa shape index (κ1) is 12.5. The van der Waals surface area contributed by atoms with E-state index >= 15 is 0 Å². The molecule has 0 bridgehead atoms.